The highest BCUT2D eigenvalue weighted by Crippen LogP contribution is 2.57. The molecular weight excluding hydrogens is 156 g/mol. The van der Waals surface area contributed by atoms with Crippen LogP contribution in [0.2, 0.25) is 0 Å². The molecule has 2 unspecified atom stereocenters. The van der Waals surface area contributed by atoms with Crippen LogP contribution in [0.4, 0.5) is 0 Å². The summed E-state index contributed by atoms with van der Waals surface area (Å²) in [5.41, 5.74) is 0.781. The minimum absolute atomic E-state index is 0.781. The minimum atomic E-state index is 0.781. The molecule has 1 aliphatic rings. The molecule has 1 fully saturated rings. The average molecular weight is 182 g/mol. The molecule has 0 aromatic rings. The lowest BCUT2D eigenvalue weighted by Crippen LogP contribution is -2.20. The second kappa shape index (κ2) is 4.48. The van der Waals surface area contributed by atoms with Gasteiger partial charge >= 0.3 is 0 Å². The van der Waals surface area contributed by atoms with Crippen LogP contribution < -0.4 is 0 Å². The van der Waals surface area contributed by atoms with Crippen LogP contribution >= 0.6 is 0 Å². The summed E-state index contributed by atoms with van der Waals surface area (Å²) in [5.74, 6) is 1.91. The van der Waals surface area contributed by atoms with Gasteiger partial charge in [0.05, 0.1) is 0 Å². The van der Waals surface area contributed by atoms with Crippen molar-refractivity contribution in [1.29, 1.82) is 0 Å². The fourth-order valence-electron chi connectivity index (χ4n) is 2.90. The Kier molecular flexibility index (Phi) is 3.82. The maximum Gasteiger partial charge on any atom is -0.0269 e. The van der Waals surface area contributed by atoms with Crippen molar-refractivity contribution in [3.05, 3.63) is 0 Å². The van der Waals surface area contributed by atoms with E-state index in [2.05, 4.69) is 27.7 Å². The topological polar surface area (TPSA) is 0 Å². The zero-order valence-electron chi connectivity index (χ0n) is 9.90. The highest BCUT2D eigenvalue weighted by molar-refractivity contribution is 4.97. The Hall–Kier alpha value is 0. The molecule has 0 spiro atoms. The zero-order chi connectivity index (χ0) is 9.90. The first-order chi connectivity index (χ1) is 6.16. The molecule has 2 atom stereocenters. The first-order valence-electron chi connectivity index (χ1n) is 6.16. The van der Waals surface area contributed by atoms with Gasteiger partial charge in [0, 0.05) is 0 Å². The molecule has 13 heavy (non-hydrogen) atoms. The van der Waals surface area contributed by atoms with E-state index in [1.807, 2.05) is 0 Å². The van der Waals surface area contributed by atoms with Gasteiger partial charge in [-0.25, -0.2) is 0 Å². The summed E-state index contributed by atoms with van der Waals surface area (Å²) in [4.78, 5) is 0. The third-order valence-electron chi connectivity index (χ3n) is 4.20. The van der Waals surface area contributed by atoms with Gasteiger partial charge in [0.2, 0.25) is 0 Å². The van der Waals surface area contributed by atoms with Crippen LogP contribution in [0, 0.1) is 17.3 Å². The van der Waals surface area contributed by atoms with Gasteiger partial charge in [-0.3, -0.25) is 0 Å². The summed E-state index contributed by atoms with van der Waals surface area (Å²) < 4.78 is 0. The maximum atomic E-state index is 2.49. The summed E-state index contributed by atoms with van der Waals surface area (Å²) >= 11 is 0. The van der Waals surface area contributed by atoms with Crippen LogP contribution in [0.25, 0.3) is 0 Å². The van der Waals surface area contributed by atoms with Gasteiger partial charge in [0.15, 0.2) is 0 Å². The van der Waals surface area contributed by atoms with Gasteiger partial charge in [-0.2, -0.15) is 0 Å². The minimum Gasteiger partial charge on any atom is -0.0654 e. The Morgan fingerprint density at radius 3 is 2.08 bits per heavy atom. The molecule has 0 aliphatic heterocycles. The molecule has 0 nitrogen and oxygen atoms in total. The highest BCUT2D eigenvalue weighted by atomic mass is 14.5. The zero-order valence-corrected chi connectivity index (χ0v) is 9.90. The fourth-order valence-corrected chi connectivity index (χ4v) is 2.90. The summed E-state index contributed by atoms with van der Waals surface area (Å²) in [6.07, 6.45) is 8.65. The van der Waals surface area contributed by atoms with Crippen molar-refractivity contribution in [2.75, 3.05) is 0 Å². The Morgan fingerprint density at radius 2 is 1.69 bits per heavy atom. The summed E-state index contributed by atoms with van der Waals surface area (Å²) in [5, 5.41) is 0. The number of rotatable bonds is 6. The highest BCUT2D eigenvalue weighted by Gasteiger charge is 2.47. The summed E-state index contributed by atoms with van der Waals surface area (Å²) in [6, 6.07) is 0. The van der Waals surface area contributed by atoms with E-state index >= 15 is 0 Å². The molecule has 78 valence electrons. The lowest BCUT2D eigenvalue weighted by molar-refractivity contribution is 0.214. The van der Waals surface area contributed by atoms with E-state index in [0.29, 0.717) is 0 Å². The van der Waals surface area contributed by atoms with Crippen molar-refractivity contribution < 1.29 is 0 Å². The molecule has 0 heteroatoms. The lowest BCUT2D eigenvalue weighted by Gasteiger charge is -2.28. The van der Waals surface area contributed by atoms with Crippen LogP contribution in [-0.2, 0) is 0 Å². The normalized spacial score (nSPS) is 24.0. The fraction of sp³-hybridized carbons (Fsp3) is 1.00. The molecule has 0 N–H and O–H groups in total. The monoisotopic (exact) mass is 182 g/mol. The number of hydrogen-bond donors (Lipinski definition) is 0. The van der Waals surface area contributed by atoms with E-state index in [0.717, 1.165) is 17.3 Å². The standard InChI is InChI=1S/C13H26/c1-5-7-11(3)12(4)13(8-6-2)9-10-13/h11-12H,5-10H2,1-4H3. The quantitative estimate of drug-likeness (QED) is 0.561. The predicted octanol–water partition coefficient (Wildman–Crippen LogP) is 4.64. The molecule has 0 bridgehead atoms. The molecular formula is C13H26. The third-order valence-corrected chi connectivity index (χ3v) is 4.20. The van der Waals surface area contributed by atoms with Crippen LogP contribution in [-0.4, -0.2) is 0 Å². The first-order valence-corrected chi connectivity index (χ1v) is 6.16. The Labute approximate surface area is 84.1 Å². The van der Waals surface area contributed by atoms with Crippen LogP contribution in [0.3, 0.4) is 0 Å². The van der Waals surface area contributed by atoms with E-state index in [9.17, 15) is 0 Å². The van der Waals surface area contributed by atoms with Crippen LogP contribution in [0.15, 0.2) is 0 Å². The van der Waals surface area contributed by atoms with Crippen molar-refractivity contribution in [1.82, 2.24) is 0 Å². The molecule has 0 aromatic carbocycles. The Bertz CT molecular complexity index is 144. The van der Waals surface area contributed by atoms with E-state index in [4.69, 9.17) is 0 Å². The largest absolute Gasteiger partial charge is 0.0654 e. The van der Waals surface area contributed by atoms with Crippen LogP contribution in [0.1, 0.15) is 66.2 Å². The van der Waals surface area contributed by atoms with E-state index in [1.54, 1.807) is 0 Å². The Balaban J connectivity index is 2.41. The second-order valence-electron chi connectivity index (χ2n) is 5.17. The first kappa shape index (κ1) is 11.1. The van der Waals surface area contributed by atoms with Gasteiger partial charge in [0.1, 0.15) is 0 Å². The van der Waals surface area contributed by atoms with Gasteiger partial charge in [0.25, 0.3) is 0 Å². The van der Waals surface area contributed by atoms with E-state index in [-0.39, 0.29) is 0 Å². The Morgan fingerprint density at radius 1 is 1.08 bits per heavy atom. The maximum absolute atomic E-state index is 2.49. The second-order valence-corrected chi connectivity index (χ2v) is 5.17. The van der Waals surface area contributed by atoms with E-state index < -0.39 is 0 Å². The van der Waals surface area contributed by atoms with Crippen molar-refractivity contribution in [2.24, 2.45) is 17.3 Å². The molecule has 0 aromatic heterocycles. The molecule has 0 amide bonds. The lowest BCUT2D eigenvalue weighted by atomic mass is 9.77. The van der Waals surface area contributed by atoms with Crippen molar-refractivity contribution in [3.63, 3.8) is 0 Å². The van der Waals surface area contributed by atoms with Crippen LogP contribution in [0.5, 0.6) is 0 Å². The van der Waals surface area contributed by atoms with Gasteiger partial charge < -0.3 is 0 Å². The predicted molar refractivity (Wildman–Crippen MR) is 59.8 cm³/mol. The smallest absolute Gasteiger partial charge is 0.0269 e. The van der Waals surface area contributed by atoms with Gasteiger partial charge in [-0.1, -0.05) is 47.0 Å². The summed E-state index contributed by atoms with van der Waals surface area (Å²) in [6.45, 7) is 9.58. The summed E-state index contributed by atoms with van der Waals surface area (Å²) in [7, 11) is 0. The molecule has 0 radical (unpaired) electrons. The molecule has 0 heterocycles. The average Bonchev–Trinajstić information content (AvgIpc) is 2.86. The molecule has 1 saturated carbocycles. The number of hydrogen-bond acceptors (Lipinski definition) is 0. The van der Waals surface area contributed by atoms with Gasteiger partial charge in [-0.15, -0.1) is 0 Å². The van der Waals surface area contributed by atoms with E-state index in [1.165, 1.54) is 38.5 Å². The molecule has 0 saturated heterocycles. The molecule has 1 aliphatic carbocycles. The third kappa shape index (κ3) is 2.48. The van der Waals surface area contributed by atoms with Crippen molar-refractivity contribution in [2.45, 2.75) is 66.2 Å². The van der Waals surface area contributed by atoms with Gasteiger partial charge in [-0.05, 0) is 36.5 Å². The molecule has 1 rings (SSSR count). The van der Waals surface area contributed by atoms with Crippen molar-refractivity contribution in [3.8, 4) is 0 Å². The van der Waals surface area contributed by atoms with Crippen molar-refractivity contribution >= 4 is 0 Å². The SMILES string of the molecule is CCCC(C)C(C)C1(CCC)CC1.